The zero-order chi connectivity index (χ0) is 85.2. The van der Waals surface area contributed by atoms with Crippen molar-refractivity contribution in [3.05, 3.63) is 0 Å². The van der Waals surface area contributed by atoms with E-state index in [9.17, 15) is 0 Å². The van der Waals surface area contributed by atoms with Crippen molar-refractivity contribution < 1.29 is 0 Å². The van der Waals surface area contributed by atoms with Crippen LogP contribution in [-0.4, -0.2) is 0 Å². The molecule has 0 aromatic rings. The van der Waals surface area contributed by atoms with Gasteiger partial charge in [-0.2, -0.15) is 0 Å². The summed E-state index contributed by atoms with van der Waals surface area (Å²) < 4.78 is 0. The molecule has 0 heteroatoms. The van der Waals surface area contributed by atoms with Crippen LogP contribution in [0.4, 0.5) is 0 Å². The summed E-state index contributed by atoms with van der Waals surface area (Å²) >= 11 is 0. The average molecular weight is 1540 g/mol. The molecule has 2 spiro atoms. The van der Waals surface area contributed by atoms with Crippen LogP contribution >= 0.6 is 0 Å². The highest BCUT2D eigenvalue weighted by atomic mass is 14.5. The molecular weight excluding hydrogens is 1320 g/mol. The number of hydrogen-bond donors (Lipinski definition) is 0. The maximum absolute atomic E-state index is 2.49. The first-order chi connectivity index (χ1) is 49.4. The third-order valence-corrected chi connectivity index (χ3v) is 33.0. The molecule has 0 saturated heterocycles. The van der Waals surface area contributed by atoms with Crippen LogP contribution in [0, 0.1) is 139 Å². The average Bonchev–Trinajstić information content (AvgIpc) is 0.765. The van der Waals surface area contributed by atoms with Crippen molar-refractivity contribution in [1.29, 1.82) is 0 Å². The summed E-state index contributed by atoms with van der Waals surface area (Å²) in [5.41, 5.74) is 10.3. The van der Waals surface area contributed by atoms with Gasteiger partial charge in [0.15, 0.2) is 0 Å². The van der Waals surface area contributed by atoms with Crippen molar-refractivity contribution in [2.45, 2.75) is 566 Å². The van der Waals surface area contributed by atoms with Crippen LogP contribution in [0.15, 0.2) is 0 Å². The molecule has 0 amide bonds. The van der Waals surface area contributed by atoms with E-state index < -0.39 is 0 Å². The van der Waals surface area contributed by atoms with Gasteiger partial charge in [-0.05, 0) is 293 Å². The fourth-order valence-electron chi connectivity index (χ4n) is 27.5. The monoisotopic (exact) mass is 1540 g/mol. The summed E-state index contributed by atoms with van der Waals surface area (Å²) in [5, 5.41) is 0. The first kappa shape index (κ1) is 106. The van der Waals surface area contributed by atoms with Crippen molar-refractivity contribution in [3.63, 3.8) is 0 Å². The molecule has 11 fully saturated rings. The molecule has 0 bridgehead atoms. The van der Waals surface area contributed by atoms with Crippen LogP contribution in [0.5, 0.6) is 0 Å². The van der Waals surface area contributed by atoms with E-state index in [-0.39, 0.29) is 0 Å². The van der Waals surface area contributed by atoms with E-state index in [1.54, 1.807) is 25.7 Å². The first-order valence-corrected chi connectivity index (χ1v) is 49.4. The van der Waals surface area contributed by atoms with Gasteiger partial charge >= 0.3 is 0 Å². The lowest BCUT2D eigenvalue weighted by Crippen LogP contribution is -2.43. The largest absolute Gasteiger partial charge is 0.0651 e. The first-order valence-electron chi connectivity index (χ1n) is 49.4. The van der Waals surface area contributed by atoms with Crippen molar-refractivity contribution in [2.24, 2.45) is 139 Å². The van der Waals surface area contributed by atoms with E-state index in [0.29, 0.717) is 92.1 Å². The molecule has 11 aliphatic carbocycles. The van der Waals surface area contributed by atoms with Crippen molar-refractivity contribution in [3.8, 4) is 0 Å². The van der Waals surface area contributed by atoms with Crippen molar-refractivity contribution >= 4 is 0 Å². The molecule has 0 nitrogen and oxygen atoms in total. The lowest BCUT2D eigenvalue weighted by Gasteiger charge is -2.54. The van der Waals surface area contributed by atoms with Crippen LogP contribution in [0.2, 0.25) is 0 Å². The second-order valence-corrected chi connectivity index (χ2v) is 55.7. The van der Waals surface area contributed by atoms with Gasteiger partial charge in [-0.3, -0.25) is 0 Å². The summed E-state index contributed by atoms with van der Waals surface area (Å²) in [7, 11) is 0. The van der Waals surface area contributed by atoms with Gasteiger partial charge in [-0.25, -0.2) is 0 Å². The lowest BCUT2D eigenvalue weighted by atomic mass is 9.51. The van der Waals surface area contributed by atoms with Gasteiger partial charge in [0.05, 0.1) is 0 Å². The van der Waals surface area contributed by atoms with E-state index >= 15 is 0 Å². The minimum absolute atomic E-state index is 0.375. The Hall–Kier alpha value is 0. The Morgan fingerprint density at radius 2 is 0.482 bits per heavy atom. The van der Waals surface area contributed by atoms with Crippen molar-refractivity contribution in [2.75, 3.05) is 0 Å². The summed E-state index contributed by atoms with van der Waals surface area (Å²) in [6, 6.07) is 0. The van der Waals surface area contributed by atoms with Crippen LogP contribution in [0.25, 0.3) is 0 Å². The maximum atomic E-state index is 2.49. The smallest absolute Gasteiger partial charge is 0.0257 e. The standard InChI is InChI=1S/C16H30.C12H22.2C12H24.2C11H22.C11H24.C9H18.2C8H16/c1-13-6-8-16(9-7-13)11-14(2,3)10-15(4,5)12-16;1-11-5-9-12(10-6-11)7-3-2-4-8-12;1-10(2)7-11(3,4)9-12(5,6)8-10;1-6-10-7-11(2,3)9-12(4,5)8-10;1-9-6-10(2,3)8-11(4,5)7-9;1-9-10(2,3)7-6-8-11(9,4)5;1-9(2,3)11(7,8)10(4,5)6;1-8-4-6-9(2,3)7-5-8;1-8(2)6-4-3-5-7-8;1-2-8-6-4-3-5-7-8/h13H,6-12H2,1-5H3;11H,2-10H2,1H3;7-9H2,1-6H3;10H,6-9H2,1-5H3;2*9H,6-8H2,1-5H3;1-8H3;8H,4-7H2,1-3H3;3-7H2,1-2H3;8H,2-7H2,1H3. The van der Waals surface area contributed by atoms with Gasteiger partial charge in [0.1, 0.15) is 0 Å². The molecule has 0 aromatic heterocycles. The molecule has 110 heavy (non-hydrogen) atoms. The minimum Gasteiger partial charge on any atom is -0.0651 e. The van der Waals surface area contributed by atoms with E-state index in [2.05, 4.69) is 284 Å². The van der Waals surface area contributed by atoms with Gasteiger partial charge in [0.25, 0.3) is 0 Å². The third kappa shape index (κ3) is 40.8. The molecule has 0 N–H and O–H groups in total. The Balaban J connectivity index is 0.000000417. The Bertz CT molecular complexity index is 2310. The van der Waals surface area contributed by atoms with Crippen LogP contribution < -0.4 is 0 Å². The molecule has 11 aliphatic rings. The number of rotatable bonds is 2. The summed E-state index contributed by atoms with van der Waals surface area (Å²) in [4.78, 5) is 0. The van der Waals surface area contributed by atoms with E-state index in [0.717, 1.165) is 46.8 Å². The fraction of sp³-hybridized carbons (Fsp3) is 1.00. The summed E-state index contributed by atoms with van der Waals surface area (Å²) in [5.74, 6) is 6.86. The highest BCUT2D eigenvalue weighted by molar-refractivity contribution is 5.00. The second kappa shape index (κ2) is 42.5. The van der Waals surface area contributed by atoms with Gasteiger partial charge in [0, 0.05) is 0 Å². The quantitative estimate of drug-likeness (QED) is 0.259. The van der Waals surface area contributed by atoms with Crippen LogP contribution in [0.3, 0.4) is 0 Å². The minimum atomic E-state index is 0.375. The third-order valence-electron chi connectivity index (χ3n) is 33.0. The highest BCUT2D eigenvalue weighted by Gasteiger charge is 2.49. The van der Waals surface area contributed by atoms with Crippen LogP contribution in [-0.2, 0) is 0 Å². The van der Waals surface area contributed by atoms with Gasteiger partial charge in [-0.15, -0.1) is 0 Å². The molecule has 0 aromatic carbocycles. The van der Waals surface area contributed by atoms with Crippen molar-refractivity contribution in [1.82, 2.24) is 0 Å². The second-order valence-electron chi connectivity index (χ2n) is 55.7. The Labute approximate surface area is 701 Å². The normalized spacial score (nSPS) is 28.3. The van der Waals surface area contributed by atoms with E-state index in [1.165, 1.54) is 257 Å². The van der Waals surface area contributed by atoms with Gasteiger partial charge < -0.3 is 0 Å². The lowest BCUT2D eigenvalue weighted by molar-refractivity contribution is -0.0321. The fourth-order valence-corrected chi connectivity index (χ4v) is 27.5. The molecular formula is C110H218. The molecule has 0 heterocycles. The summed E-state index contributed by atoms with van der Waals surface area (Å²) in [6.45, 7) is 98.3. The Kier molecular flexibility index (Phi) is 41.0. The molecule has 0 atom stereocenters. The Morgan fingerprint density at radius 1 is 0.218 bits per heavy atom. The van der Waals surface area contributed by atoms with E-state index in [1.807, 2.05) is 0 Å². The zero-order valence-corrected chi connectivity index (χ0v) is 85.2. The molecule has 0 aliphatic heterocycles. The van der Waals surface area contributed by atoms with Gasteiger partial charge in [0.2, 0.25) is 0 Å². The highest BCUT2D eigenvalue weighted by Crippen LogP contribution is 2.61. The maximum Gasteiger partial charge on any atom is -0.0257 e. The zero-order valence-electron chi connectivity index (χ0n) is 85.2. The van der Waals surface area contributed by atoms with E-state index in [4.69, 9.17) is 0 Å². The van der Waals surface area contributed by atoms with Crippen LogP contribution in [0.1, 0.15) is 566 Å². The molecule has 0 radical (unpaired) electrons. The predicted octanol–water partition coefficient (Wildman–Crippen LogP) is 39.1. The molecule has 0 unspecified atom stereocenters. The predicted molar refractivity (Wildman–Crippen MR) is 504 cm³/mol. The molecule has 658 valence electrons. The molecule has 11 saturated carbocycles. The molecule has 11 rings (SSSR count). The van der Waals surface area contributed by atoms with Gasteiger partial charge in [-0.1, -0.05) is 412 Å². The Morgan fingerprint density at radius 3 is 0.736 bits per heavy atom. The summed E-state index contributed by atoms with van der Waals surface area (Å²) in [6.07, 6.45) is 64.4. The SMILES string of the molecule is CC(C)(C)C(C)(C)C(C)(C)C.CC1(C)CC(C)(C)CC(C)(C)C1.CC1(C)CCCCC1.CC1C(C)(C)CCCC1(C)C.CC1CC(C)(C)CC(C)(C)C1.CC1CCC(C)(C)CC1.CC1CCC2(CC1)CC(C)(C)CC(C)(C)C2.CC1CCC2(CCCCC2)CC1.CCC1CC(C)(C)CC(C)(C)C1.CCC1CCCCC1. The topological polar surface area (TPSA) is 0 Å². The number of hydrogen-bond acceptors (Lipinski definition) is 0.